The molecule has 1 unspecified atom stereocenters. The van der Waals surface area contributed by atoms with Gasteiger partial charge in [0, 0.05) is 26.2 Å². The molecule has 0 aromatic rings. The molecule has 3 amide bonds. The summed E-state index contributed by atoms with van der Waals surface area (Å²) in [5.41, 5.74) is 5.34. The number of piperazine rings is 1. The molecule has 88 valence electrons. The van der Waals surface area contributed by atoms with Crippen LogP contribution in [-0.4, -0.2) is 58.9 Å². The second kappa shape index (κ2) is 4.25. The molecule has 2 aliphatic rings. The Morgan fingerprint density at radius 3 is 3.00 bits per heavy atom. The van der Waals surface area contributed by atoms with E-state index in [4.69, 9.17) is 18.0 Å². The molecule has 0 aromatic heterocycles. The number of nitrogens with zero attached hydrogens (tertiary/aromatic N) is 2. The van der Waals surface area contributed by atoms with Crippen molar-refractivity contribution in [2.45, 2.75) is 12.5 Å². The maximum atomic E-state index is 11.7. The lowest BCUT2D eigenvalue weighted by Gasteiger charge is -2.36. The molecular formula is C9H14N4O2S. The highest BCUT2D eigenvalue weighted by Crippen LogP contribution is 2.14. The fraction of sp³-hybridized carbons (Fsp3) is 0.667. The summed E-state index contributed by atoms with van der Waals surface area (Å²) in [5.74, 6) is -0.0495. The molecule has 2 fully saturated rings. The number of rotatable bonds is 2. The molecule has 0 aromatic carbocycles. The van der Waals surface area contributed by atoms with Crippen molar-refractivity contribution in [3.63, 3.8) is 0 Å². The summed E-state index contributed by atoms with van der Waals surface area (Å²) < 4.78 is 0. The average molecular weight is 242 g/mol. The first-order chi connectivity index (χ1) is 7.58. The summed E-state index contributed by atoms with van der Waals surface area (Å²) >= 11 is 4.71. The van der Waals surface area contributed by atoms with Gasteiger partial charge < -0.3 is 20.9 Å². The Morgan fingerprint density at radius 1 is 1.56 bits per heavy atom. The van der Waals surface area contributed by atoms with Crippen LogP contribution in [0, 0.1) is 0 Å². The van der Waals surface area contributed by atoms with Gasteiger partial charge in [-0.2, -0.15) is 0 Å². The minimum absolute atomic E-state index is 0.0357. The summed E-state index contributed by atoms with van der Waals surface area (Å²) in [7, 11) is 0. The molecule has 3 N–H and O–H groups in total. The van der Waals surface area contributed by atoms with E-state index in [1.807, 2.05) is 0 Å². The van der Waals surface area contributed by atoms with E-state index in [1.165, 1.54) is 0 Å². The number of hydrogen-bond donors (Lipinski definition) is 2. The number of thiocarbonyl (C=S) groups is 1. The molecule has 7 heteroatoms. The zero-order valence-electron chi connectivity index (χ0n) is 8.81. The number of urea groups is 1. The van der Waals surface area contributed by atoms with Gasteiger partial charge in [-0.3, -0.25) is 4.79 Å². The molecular weight excluding hydrogens is 228 g/mol. The topological polar surface area (TPSA) is 78.7 Å². The standard InChI is InChI=1S/C9H14N4O2S/c10-7(16)3-8(14)12-1-2-13-6(5-12)4-11-9(13)15/h6H,1-5H2,(H2,10,16)(H,11,15). The van der Waals surface area contributed by atoms with Crippen molar-refractivity contribution in [2.24, 2.45) is 5.73 Å². The molecule has 2 rings (SSSR count). The molecule has 0 spiro atoms. The lowest BCUT2D eigenvalue weighted by molar-refractivity contribution is -0.131. The van der Waals surface area contributed by atoms with Gasteiger partial charge in [-0.05, 0) is 0 Å². The summed E-state index contributed by atoms with van der Waals surface area (Å²) in [6.45, 7) is 2.32. The van der Waals surface area contributed by atoms with Gasteiger partial charge in [0.15, 0.2) is 0 Å². The first-order valence-corrected chi connectivity index (χ1v) is 5.59. The van der Waals surface area contributed by atoms with Crippen LogP contribution in [0.3, 0.4) is 0 Å². The van der Waals surface area contributed by atoms with Crippen LogP contribution in [0.15, 0.2) is 0 Å². The van der Waals surface area contributed by atoms with Crippen LogP contribution in [0.5, 0.6) is 0 Å². The summed E-state index contributed by atoms with van der Waals surface area (Å²) in [4.78, 5) is 26.8. The van der Waals surface area contributed by atoms with Crippen molar-refractivity contribution < 1.29 is 9.59 Å². The van der Waals surface area contributed by atoms with Gasteiger partial charge in [-0.25, -0.2) is 4.79 Å². The average Bonchev–Trinajstić information content (AvgIpc) is 2.59. The Morgan fingerprint density at radius 2 is 2.31 bits per heavy atom. The van der Waals surface area contributed by atoms with Crippen LogP contribution in [-0.2, 0) is 4.79 Å². The van der Waals surface area contributed by atoms with Crippen LogP contribution in [0.2, 0.25) is 0 Å². The minimum Gasteiger partial charge on any atom is -0.393 e. The van der Waals surface area contributed by atoms with Crippen molar-refractivity contribution in [2.75, 3.05) is 26.2 Å². The van der Waals surface area contributed by atoms with E-state index >= 15 is 0 Å². The molecule has 0 saturated carbocycles. The van der Waals surface area contributed by atoms with E-state index in [1.54, 1.807) is 9.80 Å². The van der Waals surface area contributed by atoms with E-state index in [2.05, 4.69) is 5.32 Å². The SMILES string of the molecule is NC(=S)CC(=O)N1CCN2C(=O)NCC2C1. The number of hydrogen-bond acceptors (Lipinski definition) is 3. The van der Waals surface area contributed by atoms with E-state index in [-0.39, 0.29) is 29.4 Å². The molecule has 2 saturated heterocycles. The smallest absolute Gasteiger partial charge is 0.317 e. The number of fused-ring (bicyclic) bond motifs is 1. The van der Waals surface area contributed by atoms with Crippen molar-refractivity contribution in [1.29, 1.82) is 0 Å². The van der Waals surface area contributed by atoms with Gasteiger partial charge in [-0.1, -0.05) is 12.2 Å². The quantitative estimate of drug-likeness (QED) is 0.602. The number of nitrogens with one attached hydrogen (secondary N) is 1. The first kappa shape index (κ1) is 11.1. The minimum atomic E-state index is -0.0495. The number of amides is 3. The van der Waals surface area contributed by atoms with Crippen molar-refractivity contribution in [3.05, 3.63) is 0 Å². The Hall–Kier alpha value is -1.37. The number of carbonyl (C=O) groups is 2. The van der Waals surface area contributed by atoms with Crippen LogP contribution in [0.1, 0.15) is 6.42 Å². The summed E-state index contributed by atoms with van der Waals surface area (Å²) in [5, 5.41) is 2.76. The number of nitrogens with two attached hydrogens (primary N) is 1. The molecule has 2 aliphatic heterocycles. The fourth-order valence-electron chi connectivity index (χ4n) is 2.09. The Labute approximate surface area is 98.7 Å². The molecule has 0 aliphatic carbocycles. The zero-order chi connectivity index (χ0) is 11.7. The number of carbonyl (C=O) groups excluding carboxylic acids is 2. The Balaban J connectivity index is 1.94. The maximum Gasteiger partial charge on any atom is 0.317 e. The summed E-state index contributed by atoms with van der Waals surface area (Å²) in [6, 6.07) is 0.0583. The van der Waals surface area contributed by atoms with Crippen molar-refractivity contribution in [3.8, 4) is 0 Å². The van der Waals surface area contributed by atoms with E-state index in [0.29, 0.717) is 26.2 Å². The second-order valence-electron chi connectivity index (χ2n) is 4.02. The Kier molecular flexibility index (Phi) is 2.95. The first-order valence-electron chi connectivity index (χ1n) is 5.18. The zero-order valence-corrected chi connectivity index (χ0v) is 9.63. The molecule has 16 heavy (non-hydrogen) atoms. The van der Waals surface area contributed by atoms with E-state index in [9.17, 15) is 9.59 Å². The van der Waals surface area contributed by atoms with Crippen LogP contribution < -0.4 is 11.1 Å². The molecule has 0 radical (unpaired) electrons. The van der Waals surface area contributed by atoms with Crippen molar-refractivity contribution >= 4 is 29.1 Å². The predicted octanol–water partition coefficient (Wildman–Crippen LogP) is -1.10. The van der Waals surface area contributed by atoms with Gasteiger partial charge in [0.2, 0.25) is 5.91 Å². The molecule has 6 nitrogen and oxygen atoms in total. The summed E-state index contributed by atoms with van der Waals surface area (Å²) in [6.07, 6.45) is 0.115. The van der Waals surface area contributed by atoms with Crippen molar-refractivity contribution in [1.82, 2.24) is 15.1 Å². The van der Waals surface area contributed by atoms with Gasteiger partial charge in [-0.15, -0.1) is 0 Å². The third kappa shape index (κ3) is 2.08. The highest BCUT2D eigenvalue weighted by Gasteiger charge is 2.36. The lowest BCUT2D eigenvalue weighted by Crippen LogP contribution is -2.54. The van der Waals surface area contributed by atoms with Crippen LogP contribution in [0.4, 0.5) is 4.79 Å². The monoisotopic (exact) mass is 242 g/mol. The fourth-order valence-corrected chi connectivity index (χ4v) is 2.21. The van der Waals surface area contributed by atoms with Gasteiger partial charge in [0.1, 0.15) is 0 Å². The third-order valence-corrected chi connectivity index (χ3v) is 3.06. The Bertz CT molecular complexity index is 346. The van der Waals surface area contributed by atoms with Gasteiger partial charge in [0.25, 0.3) is 0 Å². The molecule has 2 heterocycles. The second-order valence-corrected chi connectivity index (χ2v) is 4.54. The lowest BCUT2D eigenvalue weighted by atomic mass is 10.2. The predicted molar refractivity (Wildman–Crippen MR) is 61.9 cm³/mol. The normalized spacial score (nSPS) is 24.0. The highest BCUT2D eigenvalue weighted by molar-refractivity contribution is 7.80. The third-order valence-electron chi connectivity index (χ3n) is 2.91. The van der Waals surface area contributed by atoms with Gasteiger partial charge >= 0.3 is 6.03 Å². The van der Waals surface area contributed by atoms with Crippen LogP contribution in [0.25, 0.3) is 0 Å². The molecule has 0 bridgehead atoms. The van der Waals surface area contributed by atoms with Gasteiger partial charge in [0.05, 0.1) is 17.5 Å². The maximum absolute atomic E-state index is 11.7. The van der Waals surface area contributed by atoms with Crippen LogP contribution >= 0.6 is 12.2 Å². The highest BCUT2D eigenvalue weighted by atomic mass is 32.1. The van der Waals surface area contributed by atoms with E-state index < -0.39 is 0 Å². The van der Waals surface area contributed by atoms with E-state index in [0.717, 1.165) is 0 Å². The largest absolute Gasteiger partial charge is 0.393 e. The molecule has 1 atom stereocenters.